The summed E-state index contributed by atoms with van der Waals surface area (Å²) in [7, 11) is -4.19. The Morgan fingerprint density at radius 1 is 0.340 bits per heavy atom. The Kier molecular flexibility index (Phi) is 20.9. The van der Waals surface area contributed by atoms with Crippen molar-refractivity contribution in [2.75, 3.05) is 21.3 Å². The predicted octanol–water partition coefficient (Wildman–Crippen LogP) is 16.3. The smallest absolute Gasteiger partial charge is 0.279 e. The third kappa shape index (κ3) is 15.5. The summed E-state index contributed by atoms with van der Waals surface area (Å²) in [6.07, 6.45) is 0. The molecular weight excluding hydrogens is 1350 g/mol. The van der Waals surface area contributed by atoms with Gasteiger partial charge in [0.1, 0.15) is 36.8 Å². The number of benzene rings is 12. The maximum Gasteiger partial charge on any atom is 0.279 e. The molecule has 0 radical (unpaired) electrons. The van der Waals surface area contributed by atoms with Gasteiger partial charge in [-0.2, -0.15) is 19.6 Å². The Morgan fingerprint density at radius 2 is 0.612 bits per heavy atom. The highest BCUT2D eigenvalue weighted by atomic mass is 32.2. The van der Waals surface area contributed by atoms with Crippen molar-refractivity contribution in [2.24, 2.45) is 0 Å². The number of hydrogen-bond acceptors (Lipinski definition) is 13. The first-order valence-corrected chi connectivity index (χ1v) is 38.9. The van der Waals surface area contributed by atoms with Gasteiger partial charge >= 0.3 is 0 Å². The Bertz CT molecular complexity index is 5740. The predicted molar refractivity (Wildman–Crippen MR) is 409 cm³/mol. The Morgan fingerprint density at radius 3 is 0.961 bits per heavy atom. The lowest BCUT2D eigenvalue weighted by molar-refractivity contribution is 0.103. The van der Waals surface area contributed by atoms with Crippen molar-refractivity contribution >= 4 is 65.4 Å². The molecule has 0 N–H and O–H groups in total. The van der Waals surface area contributed by atoms with Crippen molar-refractivity contribution < 1.29 is 40.6 Å². The lowest BCUT2D eigenvalue weighted by Crippen LogP contribution is -2.52. The van der Waals surface area contributed by atoms with Crippen LogP contribution in [0.25, 0.3) is 55.4 Å². The fraction of sp³-hybridized carbons (Fsp3) is 0.0941. The fourth-order valence-electron chi connectivity index (χ4n) is 11.7. The minimum atomic E-state index is -3.68. The fourth-order valence-corrected chi connectivity index (χ4v) is 16.5. The zero-order chi connectivity index (χ0) is 72.6. The largest absolute Gasteiger partial charge is 0.497 e. The van der Waals surface area contributed by atoms with Gasteiger partial charge in [0.25, 0.3) is 11.1 Å². The summed E-state index contributed by atoms with van der Waals surface area (Å²) in [5.41, 5.74) is 7.86. The van der Waals surface area contributed by atoms with E-state index in [0.717, 1.165) is 55.8 Å². The third-order valence-electron chi connectivity index (χ3n) is 17.8. The van der Waals surface area contributed by atoms with Gasteiger partial charge in [-0.1, -0.05) is 149 Å². The summed E-state index contributed by atoms with van der Waals surface area (Å²) in [4.78, 5) is 40.3. The second-order valence-electron chi connectivity index (χ2n) is 25.0. The van der Waals surface area contributed by atoms with E-state index in [-0.39, 0.29) is 36.5 Å². The molecule has 14 rings (SSSR count). The number of aryl methyl sites for hydroxylation is 3. The maximum atomic E-state index is 13.3. The Labute approximate surface area is 599 Å². The quantitative estimate of drug-likeness (QED) is 0.0618. The first-order valence-electron chi connectivity index (χ1n) is 33.0. The van der Waals surface area contributed by atoms with Gasteiger partial charge in [-0.15, -0.1) is 0 Å². The van der Waals surface area contributed by atoms with Gasteiger partial charge in [0.2, 0.25) is 19.7 Å². The zero-order valence-electron chi connectivity index (χ0n) is 57.8. The second kappa shape index (κ2) is 30.4. The van der Waals surface area contributed by atoms with Crippen LogP contribution in [0.4, 0.5) is 0 Å². The Balaban J connectivity index is 0.000000146. The van der Waals surface area contributed by atoms with Gasteiger partial charge in [0, 0.05) is 33.0 Å². The first-order chi connectivity index (χ1) is 49.6. The van der Waals surface area contributed by atoms with Gasteiger partial charge in [0.15, 0.2) is 5.78 Å². The normalized spacial score (nSPS) is 11.4. The van der Waals surface area contributed by atoms with E-state index in [4.69, 9.17) is 24.0 Å². The van der Waals surface area contributed by atoms with Crippen LogP contribution in [0.15, 0.2) is 320 Å². The lowest BCUT2D eigenvalue weighted by Gasteiger charge is -2.24. The monoisotopic (exact) mass is 1420 g/mol. The number of rotatable bonds is 17. The molecule has 12 aromatic carbocycles. The van der Waals surface area contributed by atoms with Crippen molar-refractivity contribution in [3.05, 3.63) is 340 Å². The summed E-state index contributed by atoms with van der Waals surface area (Å²) in [6, 6.07) is 87.0. The molecule has 2 aromatic heterocycles. The highest BCUT2D eigenvalue weighted by Crippen LogP contribution is 2.32. The zero-order valence-corrected chi connectivity index (χ0v) is 60.4. The van der Waals surface area contributed by atoms with Gasteiger partial charge in [-0.05, 0) is 203 Å². The van der Waals surface area contributed by atoms with Gasteiger partial charge in [-0.25, -0.2) is 16.8 Å². The molecule has 0 aliphatic heterocycles. The van der Waals surface area contributed by atoms with Crippen LogP contribution in [0.5, 0.6) is 28.7 Å². The SMILES string of the molecule is COc1ccc(-c2nn(-c3ccc(C(=O)c4ccc(C)cc4)cc3)c(=O)c3ccccc23)cc1.COc1ccc(-c2nn(-c3ccc(S(=O)(=O)c4ccc(C)cc4)cc3)c(=O)c3ccccc23)cc1.COc1ccc([Si](C)(C)c2ccc(Oc3ccc(S(=O)(=O)c4ccc(C)cc4)cc3)cc2)cc1. The molecule has 2 heterocycles. The molecule has 0 bridgehead atoms. The van der Waals surface area contributed by atoms with E-state index in [1.54, 1.807) is 143 Å². The molecular formula is C85H72N4O11S2Si. The molecule has 0 saturated heterocycles. The molecule has 0 unspecified atom stereocenters. The highest BCUT2D eigenvalue weighted by molar-refractivity contribution is 7.91. The topological polar surface area (TPSA) is 192 Å². The first kappa shape index (κ1) is 70.8. The summed E-state index contributed by atoms with van der Waals surface area (Å²) in [5, 5.41) is 14.6. The number of ether oxygens (including phenoxy) is 4. The third-order valence-corrected chi connectivity index (χ3v) is 25.0. The van der Waals surface area contributed by atoms with Crippen LogP contribution in [-0.2, 0) is 19.7 Å². The van der Waals surface area contributed by atoms with E-state index in [9.17, 15) is 31.2 Å². The van der Waals surface area contributed by atoms with Crippen LogP contribution >= 0.6 is 0 Å². The van der Waals surface area contributed by atoms with Crippen molar-refractivity contribution in [3.63, 3.8) is 0 Å². The molecule has 0 spiro atoms. The molecule has 0 fully saturated rings. The van der Waals surface area contributed by atoms with E-state index < -0.39 is 27.7 Å². The summed E-state index contributed by atoms with van der Waals surface area (Å²) in [6.45, 7) is 10.4. The highest BCUT2D eigenvalue weighted by Gasteiger charge is 2.27. The Hall–Kier alpha value is -12.1. The van der Waals surface area contributed by atoms with Crippen LogP contribution in [0.3, 0.4) is 0 Å². The van der Waals surface area contributed by atoms with Crippen LogP contribution in [0.1, 0.15) is 32.6 Å². The van der Waals surface area contributed by atoms with E-state index in [2.05, 4.69) is 42.5 Å². The number of sulfone groups is 2. The van der Waals surface area contributed by atoms with Crippen molar-refractivity contribution in [1.82, 2.24) is 19.6 Å². The molecule has 0 saturated carbocycles. The molecule has 15 nitrogen and oxygen atoms in total. The van der Waals surface area contributed by atoms with Crippen LogP contribution in [0.2, 0.25) is 13.1 Å². The van der Waals surface area contributed by atoms with E-state index in [1.807, 2.05) is 154 Å². The lowest BCUT2D eigenvalue weighted by atomic mass is 10.0. The number of fused-ring (bicyclic) bond motifs is 2. The number of carbonyl (C=O) groups excluding carboxylic acids is 1. The van der Waals surface area contributed by atoms with E-state index >= 15 is 0 Å². The molecule has 0 atom stereocenters. The second-order valence-corrected chi connectivity index (χ2v) is 33.3. The van der Waals surface area contributed by atoms with Gasteiger partial charge in [-0.3, -0.25) is 14.4 Å². The average Bonchev–Trinajstić information content (AvgIpc) is 0.771. The van der Waals surface area contributed by atoms with Crippen molar-refractivity contribution in [2.45, 2.75) is 53.4 Å². The standard InChI is InChI=1S/C29H22N2O3.C28H22N2O4S.C28H28O4SSi/c1-19-7-9-21(10-8-19)28(32)22-11-15-23(16-12-22)31-29(33)26-6-4-3-5-25(26)27(30-31)20-13-17-24(34-2)18-14-20;1-19-7-15-23(16-8-19)35(32,33)24-17-11-21(12-18-24)30-28(31)26-6-4-3-5-25(26)27(29-30)20-9-13-22(34-2)14-10-20;1-21-5-13-25(14-6-21)33(29,30)26-15-7-23(8-16-26)32-24-11-19-28(20-12-24)34(3,4)27-17-9-22(31-2)10-18-27/h3-18H,1-2H3;3-18H,1-2H3;5-20H,1-4H3. The maximum absolute atomic E-state index is 13.3. The van der Waals surface area contributed by atoms with Crippen LogP contribution < -0.4 is 40.4 Å². The summed E-state index contributed by atoms with van der Waals surface area (Å²) in [5.74, 6) is 3.55. The number of carbonyl (C=O) groups is 1. The minimum Gasteiger partial charge on any atom is -0.497 e. The molecule has 103 heavy (non-hydrogen) atoms. The van der Waals surface area contributed by atoms with E-state index in [0.29, 0.717) is 56.2 Å². The number of nitrogens with zero attached hydrogens (tertiary/aromatic N) is 4. The van der Waals surface area contributed by atoms with Crippen molar-refractivity contribution in [3.8, 4) is 62.6 Å². The average molecular weight is 1420 g/mol. The molecule has 0 aliphatic carbocycles. The number of hydrogen-bond donors (Lipinski definition) is 0. The molecule has 0 aliphatic rings. The number of methoxy groups -OCH3 is 3. The van der Waals surface area contributed by atoms with Gasteiger partial charge < -0.3 is 18.9 Å². The molecule has 0 amide bonds. The molecule has 18 heteroatoms. The van der Waals surface area contributed by atoms with Crippen LogP contribution in [0, 0.1) is 20.8 Å². The number of ketones is 1. The summed E-state index contributed by atoms with van der Waals surface area (Å²) < 4.78 is 76.3. The van der Waals surface area contributed by atoms with Gasteiger partial charge in [0.05, 0.1) is 74.4 Å². The molecule has 14 aromatic rings. The van der Waals surface area contributed by atoms with Crippen molar-refractivity contribution in [1.29, 1.82) is 0 Å². The number of aromatic nitrogens is 4. The van der Waals surface area contributed by atoms with Crippen LogP contribution in [-0.4, -0.2) is 71.6 Å². The van der Waals surface area contributed by atoms with E-state index in [1.165, 1.54) is 31.9 Å². The minimum absolute atomic E-state index is 0.0655. The summed E-state index contributed by atoms with van der Waals surface area (Å²) >= 11 is 0. The molecule has 514 valence electrons.